The zero-order valence-electron chi connectivity index (χ0n) is 12.7. The smallest absolute Gasteiger partial charge is 0.249 e. The maximum absolute atomic E-state index is 12.7. The molecule has 0 saturated heterocycles. The Morgan fingerprint density at radius 3 is 2.48 bits per heavy atom. The Bertz CT molecular complexity index is 648. The van der Waals surface area contributed by atoms with Crippen molar-refractivity contribution in [3.05, 3.63) is 59.2 Å². The number of benzene rings is 2. The van der Waals surface area contributed by atoms with Crippen LogP contribution < -0.4 is 10.2 Å². The number of nitrogens with zero attached hydrogens (tertiary/aromatic N) is 1. The number of hydrogen-bond donors (Lipinski definition) is 1. The SMILES string of the molecule is Cc1cc(C)cc(N(C)C(=O)C2Cc3ccccc3N2)c1. The summed E-state index contributed by atoms with van der Waals surface area (Å²) in [7, 11) is 1.85. The van der Waals surface area contributed by atoms with E-state index in [0.717, 1.165) is 17.8 Å². The first-order valence-corrected chi connectivity index (χ1v) is 7.25. The Labute approximate surface area is 125 Å². The molecule has 2 aromatic carbocycles. The molecule has 0 fully saturated rings. The molecule has 0 bridgehead atoms. The van der Waals surface area contributed by atoms with Crippen LogP contribution in [0.25, 0.3) is 0 Å². The van der Waals surface area contributed by atoms with Gasteiger partial charge >= 0.3 is 0 Å². The largest absolute Gasteiger partial charge is 0.373 e. The van der Waals surface area contributed by atoms with Gasteiger partial charge in [-0.3, -0.25) is 4.79 Å². The second kappa shape index (κ2) is 5.24. The molecule has 1 N–H and O–H groups in total. The maximum Gasteiger partial charge on any atom is 0.249 e. The van der Waals surface area contributed by atoms with E-state index >= 15 is 0 Å². The summed E-state index contributed by atoms with van der Waals surface area (Å²) >= 11 is 0. The number of carbonyl (C=O) groups excluding carboxylic acids is 1. The summed E-state index contributed by atoms with van der Waals surface area (Å²) in [6.07, 6.45) is 0.754. The van der Waals surface area contributed by atoms with Gasteiger partial charge in [-0.05, 0) is 48.7 Å². The van der Waals surface area contributed by atoms with Crippen molar-refractivity contribution < 1.29 is 4.79 Å². The number of hydrogen-bond acceptors (Lipinski definition) is 2. The third-order valence-corrected chi connectivity index (χ3v) is 3.99. The summed E-state index contributed by atoms with van der Waals surface area (Å²) in [4.78, 5) is 14.5. The van der Waals surface area contributed by atoms with Crippen LogP contribution in [-0.2, 0) is 11.2 Å². The van der Waals surface area contributed by atoms with Gasteiger partial charge in [-0.15, -0.1) is 0 Å². The van der Waals surface area contributed by atoms with Gasteiger partial charge in [0.05, 0.1) is 0 Å². The van der Waals surface area contributed by atoms with Gasteiger partial charge in [0.25, 0.3) is 0 Å². The minimum absolute atomic E-state index is 0.108. The van der Waals surface area contributed by atoms with Crippen LogP contribution in [0.15, 0.2) is 42.5 Å². The van der Waals surface area contributed by atoms with E-state index in [1.54, 1.807) is 4.90 Å². The number of anilines is 2. The number of amides is 1. The summed E-state index contributed by atoms with van der Waals surface area (Å²) in [5.41, 5.74) is 5.59. The number of rotatable bonds is 2. The van der Waals surface area contributed by atoms with E-state index in [9.17, 15) is 4.79 Å². The predicted octanol–water partition coefficient (Wildman–Crippen LogP) is 3.30. The number of likely N-dealkylation sites (N-methyl/N-ethyl adjacent to an activating group) is 1. The van der Waals surface area contributed by atoms with Gasteiger partial charge in [-0.1, -0.05) is 24.3 Å². The Kier molecular flexibility index (Phi) is 3.42. The third-order valence-electron chi connectivity index (χ3n) is 3.99. The van der Waals surface area contributed by atoms with Gasteiger partial charge in [0.1, 0.15) is 6.04 Å². The predicted molar refractivity (Wildman–Crippen MR) is 86.9 cm³/mol. The summed E-state index contributed by atoms with van der Waals surface area (Å²) in [5, 5.41) is 3.32. The molecule has 1 heterocycles. The van der Waals surface area contributed by atoms with Crippen molar-refractivity contribution in [1.82, 2.24) is 0 Å². The lowest BCUT2D eigenvalue weighted by Gasteiger charge is -2.22. The van der Waals surface area contributed by atoms with Gasteiger partial charge in [-0.25, -0.2) is 0 Å². The first-order valence-electron chi connectivity index (χ1n) is 7.25. The molecule has 0 radical (unpaired) electrons. The topological polar surface area (TPSA) is 32.3 Å². The van der Waals surface area contributed by atoms with Gasteiger partial charge in [-0.2, -0.15) is 0 Å². The molecule has 1 amide bonds. The van der Waals surface area contributed by atoms with Crippen LogP contribution >= 0.6 is 0 Å². The Morgan fingerprint density at radius 1 is 1.14 bits per heavy atom. The molecule has 1 aliphatic rings. The highest BCUT2D eigenvalue weighted by Crippen LogP contribution is 2.27. The molecule has 1 unspecified atom stereocenters. The number of fused-ring (bicyclic) bond motifs is 1. The molecular weight excluding hydrogens is 260 g/mol. The van der Waals surface area contributed by atoms with Gasteiger partial charge in [0, 0.05) is 24.8 Å². The van der Waals surface area contributed by atoms with Gasteiger partial charge in [0.15, 0.2) is 0 Å². The molecule has 21 heavy (non-hydrogen) atoms. The Morgan fingerprint density at radius 2 is 1.81 bits per heavy atom. The van der Waals surface area contributed by atoms with Crippen molar-refractivity contribution in [1.29, 1.82) is 0 Å². The van der Waals surface area contributed by atoms with E-state index in [2.05, 4.69) is 31.3 Å². The van der Waals surface area contributed by atoms with Gasteiger partial charge in [0.2, 0.25) is 5.91 Å². The quantitative estimate of drug-likeness (QED) is 0.915. The monoisotopic (exact) mass is 280 g/mol. The fourth-order valence-corrected chi connectivity index (χ4v) is 2.95. The van der Waals surface area contributed by atoms with Crippen LogP contribution in [-0.4, -0.2) is 19.0 Å². The molecule has 3 nitrogen and oxygen atoms in total. The van der Waals surface area contributed by atoms with Crippen LogP contribution in [0.1, 0.15) is 16.7 Å². The summed E-state index contributed by atoms with van der Waals surface area (Å²) < 4.78 is 0. The lowest BCUT2D eigenvalue weighted by atomic mass is 10.1. The molecule has 1 atom stereocenters. The standard InChI is InChI=1S/C18H20N2O/c1-12-8-13(2)10-15(9-12)20(3)18(21)17-11-14-6-4-5-7-16(14)19-17/h4-10,17,19H,11H2,1-3H3. The van der Waals surface area contributed by atoms with Crippen LogP contribution in [0.2, 0.25) is 0 Å². The minimum atomic E-state index is -0.173. The third kappa shape index (κ3) is 2.64. The van der Waals surface area contributed by atoms with Crippen molar-refractivity contribution >= 4 is 17.3 Å². The second-order valence-electron chi connectivity index (χ2n) is 5.80. The molecule has 0 saturated carbocycles. The van der Waals surface area contributed by atoms with Crippen molar-refractivity contribution in [3.63, 3.8) is 0 Å². The zero-order chi connectivity index (χ0) is 15.0. The average Bonchev–Trinajstić information content (AvgIpc) is 2.88. The normalized spacial score (nSPS) is 16.2. The first kappa shape index (κ1) is 13.7. The molecule has 2 aromatic rings. The molecule has 1 aliphatic heterocycles. The molecule has 3 rings (SSSR count). The lowest BCUT2D eigenvalue weighted by Crippen LogP contribution is -2.40. The molecular formula is C18H20N2O. The molecule has 108 valence electrons. The fourth-order valence-electron chi connectivity index (χ4n) is 2.95. The highest BCUT2D eigenvalue weighted by molar-refractivity contribution is 5.99. The highest BCUT2D eigenvalue weighted by atomic mass is 16.2. The van der Waals surface area contributed by atoms with Crippen LogP contribution in [0.5, 0.6) is 0 Å². The molecule has 0 aromatic heterocycles. The van der Waals surface area contributed by atoms with Crippen molar-refractivity contribution in [3.8, 4) is 0 Å². The van der Waals surface area contributed by atoms with E-state index in [4.69, 9.17) is 0 Å². The molecule has 3 heteroatoms. The van der Waals surface area contributed by atoms with E-state index < -0.39 is 0 Å². The first-order chi connectivity index (χ1) is 10.0. The Hall–Kier alpha value is -2.29. The Balaban J connectivity index is 1.80. The van der Waals surface area contributed by atoms with Crippen LogP contribution in [0.4, 0.5) is 11.4 Å². The molecule has 0 aliphatic carbocycles. The summed E-state index contributed by atoms with van der Waals surface area (Å²) in [5.74, 6) is 0.108. The second-order valence-corrected chi connectivity index (χ2v) is 5.80. The summed E-state index contributed by atoms with van der Waals surface area (Å²) in [6.45, 7) is 4.11. The van der Waals surface area contributed by atoms with Gasteiger partial charge < -0.3 is 10.2 Å². The van der Waals surface area contributed by atoms with Crippen molar-refractivity contribution in [2.24, 2.45) is 0 Å². The van der Waals surface area contributed by atoms with E-state index in [-0.39, 0.29) is 11.9 Å². The van der Waals surface area contributed by atoms with Crippen molar-refractivity contribution in [2.45, 2.75) is 26.3 Å². The summed E-state index contributed by atoms with van der Waals surface area (Å²) in [6, 6.07) is 14.2. The number of aryl methyl sites for hydroxylation is 2. The van der Waals surface area contributed by atoms with Crippen molar-refractivity contribution in [2.75, 3.05) is 17.3 Å². The van der Waals surface area contributed by atoms with Crippen LogP contribution in [0.3, 0.4) is 0 Å². The van der Waals surface area contributed by atoms with E-state index in [0.29, 0.717) is 0 Å². The van der Waals surface area contributed by atoms with E-state index in [1.807, 2.05) is 37.4 Å². The fraction of sp³-hybridized carbons (Fsp3) is 0.278. The minimum Gasteiger partial charge on any atom is -0.373 e. The lowest BCUT2D eigenvalue weighted by molar-refractivity contribution is -0.118. The van der Waals surface area contributed by atoms with Crippen LogP contribution in [0, 0.1) is 13.8 Å². The molecule has 0 spiro atoms. The van der Waals surface area contributed by atoms with E-state index in [1.165, 1.54) is 16.7 Å². The maximum atomic E-state index is 12.7. The zero-order valence-corrected chi connectivity index (χ0v) is 12.7. The number of carbonyl (C=O) groups is 1. The number of nitrogens with one attached hydrogen (secondary N) is 1. The number of para-hydroxylation sites is 1. The highest BCUT2D eigenvalue weighted by Gasteiger charge is 2.29. The average molecular weight is 280 g/mol.